The zero-order valence-corrected chi connectivity index (χ0v) is 37.8. The molecule has 3 atom stereocenters. The van der Waals surface area contributed by atoms with E-state index in [-0.39, 0.29) is 13.0 Å². The fraction of sp³-hybridized carbons (Fsp3) is 0.787. The van der Waals surface area contributed by atoms with E-state index < -0.39 is 45.1 Å². The van der Waals surface area contributed by atoms with Gasteiger partial charge in [0.05, 0.1) is 19.8 Å². The summed E-state index contributed by atoms with van der Waals surface area (Å²) in [6.07, 6.45) is 50.3. The average Bonchev–Trinajstić information content (AvgIpc) is 3.20. The SMILES string of the molecule is CC/C=C\C/C=C\C/C=C\C/C=C\CCCCCOCC(COP(=O)(O)OCC(N)C(=O)O)OC(=O)CCCCCCCCCCCCCCCCCCCCCC. The van der Waals surface area contributed by atoms with Crippen LogP contribution in [0.1, 0.15) is 200 Å². The van der Waals surface area contributed by atoms with Crippen LogP contribution in [0, 0.1) is 0 Å². The summed E-state index contributed by atoms with van der Waals surface area (Å²) in [5.74, 6) is -1.79. The fourth-order valence-electron chi connectivity index (χ4n) is 6.30. The molecular formula is C47H86NO9P. The van der Waals surface area contributed by atoms with Gasteiger partial charge in [0.1, 0.15) is 12.1 Å². The Labute approximate surface area is 354 Å². The van der Waals surface area contributed by atoms with Gasteiger partial charge in [-0.15, -0.1) is 0 Å². The molecule has 0 aromatic carbocycles. The van der Waals surface area contributed by atoms with Crippen molar-refractivity contribution in [1.82, 2.24) is 0 Å². The third-order valence-electron chi connectivity index (χ3n) is 9.87. The second kappa shape index (κ2) is 43.0. The smallest absolute Gasteiger partial charge is 0.472 e. The lowest BCUT2D eigenvalue weighted by Gasteiger charge is -2.20. The van der Waals surface area contributed by atoms with Gasteiger partial charge in [-0.2, -0.15) is 0 Å². The first-order chi connectivity index (χ1) is 28.2. The van der Waals surface area contributed by atoms with Crippen LogP contribution in [0.2, 0.25) is 0 Å². The van der Waals surface area contributed by atoms with E-state index in [1.807, 2.05) is 0 Å². The molecule has 11 heteroatoms. The lowest BCUT2D eigenvalue weighted by Crippen LogP contribution is -2.34. The molecule has 3 unspecified atom stereocenters. The maximum atomic E-state index is 12.7. The molecule has 338 valence electrons. The number of carbonyl (C=O) groups excluding carboxylic acids is 1. The minimum atomic E-state index is -4.63. The van der Waals surface area contributed by atoms with Gasteiger partial charge in [-0.05, 0) is 51.4 Å². The first-order valence-electron chi connectivity index (χ1n) is 23.2. The van der Waals surface area contributed by atoms with E-state index in [4.69, 9.17) is 29.4 Å². The van der Waals surface area contributed by atoms with Crippen LogP contribution in [0.25, 0.3) is 0 Å². The number of allylic oxidation sites excluding steroid dienone is 8. The number of nitrogens with two attached hydrogens (primary N) is 1. The van der Waals surface area contributed by atoms with Crippen LogP contribution < -0.4 is 5.73 Å². The molecule has 0 aromatic heterocycles. The topological polar surface area (TPSA) is 155 Å². The predicted octanol–water partition coefficient (Wildman–Crippen LogP) is 13.0. The average molecular weight is 840 g/mol. The minimum absolute atomic E-state index is 0.00347. The Morgan fingerprint density at radius 2 is 1.00 bits per heavy atom. The number of hydrogen-bond donors (Lipinski definition) is 3. The van der Waals surface area contributed by atoms with Crippen LogP contribution >= 0.6 is 7.82 Å². The van der Waals surface area contributed by atoms with Crippen LogP contribution in [0.4, 0.5) is 0 Å². The summed E-state index contributed by atoms with van der Waals surface area (Å²) in [6, 6.07) is -1.48. The Morgan fingerprint density at radius 3 is 1.48 bits per heavy atom. The maximum absolute atomic E-state index is 12.7. The van der Waals surface area contributed by atoms with E-state index in [0.717, 1.165) is 64.2 Å². The number of carboxylic acid groups (broad SMARTS) is 1. The number of carboxylic acids is 1. The molecule has 0 aliphatic heterocycles. The molecule has 0 fully saturated rings. The number of phosphoric acid groups is 1. The summed E-state index contributed by atoms with van der Waals surface area (Å²) in [5.41, 5.74) is 5.36. The molecule has 58 heavy (non-hydrogen) atoms. The van der Waals surface area contributed by atoms with E-state index >= 15 is 0 Å². The Kier molecular flexibility index (Phi) is 41.5. The first-order valence-corrected chi connectivity index (χ1v) is 24.7. The summed E-state index contributed by atoms with van der Waals surface area (Å²) in [7, 11) is -4.63. The molecular weight excluding hydrogens is 753 g/mol. The number of aliphatic carboxylic acids is 1. The number of esters is 1. The molecule has 0 aliphatic rings. The molecule has 0 bridgehead atoms. The van der Waals surface area contributed by atoms with Crippen LogP contribution in [-0.2, 0) is 32.7 Å². The first kappa shape index (κ1) is 55.9. The van der Waals surface area contributed by atoms with Crippen LogP contribution in [-0.4, -0.2) is 60.5 Å². The van der Waals surface area contributed by atoms with Gasteiger partial charge in [0.15, 0.2) is 0 Å². The van der Waals surface area contributed by atoms with Gasteiger partial charge in [-0.25, -0.2) is 4.57 Å². The standard InChI is InChI=1S/C47H86NO9P/c1-3-5-7-9-11-13-15-17-19-21-22-23-24-25-27-29-31-33-35-37-39-46(49)57-44(42-55-58(52,53)56-43-45(48)47(50)51)41-54-40-38-36-34-32-30-28-26-20-18-16-14-12-10-8-6-4-2/h6,8,12,14,18,20,28,30,44-45H,3-5,7,9-11,13,15-17,19,21-27,29,31-43,48H2,1-2H3,(H,50,51)(H,52,53)/b8-6-,14-12-,20-18-,30-28-. The number of ether oxygens (including phenoxy) is 2. The molecule has 0 heterocycles. The van der Waals surface area contributed by atoms with E-state index in [9.17, 15) is 19.0 Å². The van der Waals surface area contributed by atoms with Crippen molar-refractivity contribution >= 4 is 19.8 Å². The fourth-order valence-corrected chi connectivity index (χ4v) is 7.08. The second-order valence-corrected chi connectivity index (χ2v) is 17.0. The van der Waals surface area contributed by atoms with E-state index in [1.54, 1.807) is 0 Å². The predicted molar refractivity (Wildman–Crippen MR) is 240 cm³/mol. The molecule has 0 rings (SSSR count). The van der Waals surface area contributed by atoms with Gasteiger partial charge in [-0.1, -0.05) is 191 Å². The molecule has 0 saturated carbocycles. The number of unbranched alkanes of at least 4 members (excludes halogenated alkanes) is 22. The summed E-state index contributed by atoms with van der Waals surface area (Å²) in [4.78, 5) is 33.6. The minimum Gasteiger partial charge on any atom is -0.480 e. The number of rotatable bonds is 44. The monoisotopic (exact) mass is 840 g/mol. The molecule has 10 nitrogen and oxygen atoms in total. The normalized spacial score (nSPS) is 14.3. The van der Waals surface area contributed by atoms with Crippen molar-refractivity contribution in [3.05, 3.63) is 48.6 Å². The number of hydrogen-bond acceptors (Lipinski definition) is 8. The number of carbonyl (C=O) groups is 2. The van der Waals surface area contributed by atoms with E-state index in [1.165, 1.54) is 109 Å². The molecule has 0 amide bonds. The summed E-state index contributed by atoms with van der Waals surface area (Å²) in [5, 5.41) is 8.90. The zero-order valence-electron chi connectivity index (χ0n) is 36.9. The summed E-state index contributed by atoms with van der Waals surface area (Å²) < 4.78 is 33.4. The lowest BCUT2D eigenvalue weighted by atomic mass is 10.0. The van der Waals surface area contributed by atoms with E-state index in [2.05, 4.69) is 62.5 Å². The highest BCUT2D eigenvalue weighted by atomic mass is 31.2. The van der Waals surface area contributed by atoms with Crippen molar-refractivity contribution in [3.63, 3.8) is 0 Å². The van der Waals surface area contributed by atoms with Crippen molar-refractivity contribution < 1.29 is 42.7 Å². The van der Waals surface area contributed by atoms with Crippen molar-refractivity contribution in [2.75, 3.05) is 26.4 Å². The quantitative estimate of drug-likeness (QED) is 0.0234. The maximum Gasteiger partial charge on any atom is 0.472 e. The summed E-state index contributed by atoms with van der Waals surface area (Å²) in [6.45, 7) is 3.71. The van der Waals surface area contributed by atoms with Gasteiger partial charge >= 0.3 is 19.8 Å². The van der Waals surface area contributed by atoms with Gasteiger partial charge in [0.2, 0.25) is 0 Å². The van der Waals surface area contributed by atoms with Gasteiger partial charge in [-0.3, -0.25) is 18.6 Å². The highest BCUT2D eigenvalue weighted by molar-refractivity contribution is 7.47. The molecule has 0 aliphatic carbocycles. The Bertz CT molecular complexity index is 1110. The Morgan fingerprint density at radius 1 is 0.569 bits per heavy atom. The van der Waals surface area contributed by atoms with Crippen LogP contribution in [0.3, 0.4) is 0 Å². The highest BCUT2D eigenvalue weighted by Crippen LogP contribution is 2.43. The van der Waals surface area contributed by atoms with Gasteiger partial charge in [0, 0.05) is 13.0 Å². The van der Waals surface area contributed by atoms with Crippen molar-refractivity contribution in [2.45, 2.75) is 212 Å². The largest absolute Gasteiger partial charge is 0.480 e. The highest BCUT2D eigenvalue weighted by Gasteiger charge is 2.27. The molecule has 0 spiro atoms. The van der Waals surface area contributed by atoms with Crippen molar-refractivity contribution in [3.8, 4) is 0 Å². The van der Waals surface area contributed by atoms with Crippen molar-refractivity contribution in [2.24, 2.45) is 5.73 Å². The van der Waals surface area contributed by atoms with Gasteiger partial charge in [0.25, 0.3) is 0 Å². The Hall–Kier alpha value is -2.07. The third kappa shape index (κ3) is 42.1. The Balaban J connectivity index is 4.22. The van der Waals surface area contributed by atoms with Gasteiger partial charge < -0.3 is 25.2 Å². The van der Waals surface area contributed by atoms with Crippen LogP contribution in [0.5, 0.6) is 0 Å². The van der Waals surface area contributed by atoms with Crippen LogP contribution in [0.15, 0.2) is 48.6 Å². The lowest BCUT2D eigenvalue weighted by molar-refractivity contribution is -0.154. The third-order valence-corrected chi connectivity index (χ3v) is 10.8. The van der Waals surface area contributed by atoms with Crippen molar-refractivity contribution in [1.29, 1.82) is 0 Å². The molecule has 4 N–H and O–H groups in total. The molecule has 0 radical (unpaired) electrons. The van der Waals surface area contributed by atoms with E-state index in [0.29, 0.717) is 13.0 Å². The second-order valence-electron chi connectivity index (χ2n) is 15.5. The number of phosphoric ester groups is 1. The molecule has 0 aromatic rings. The molecule has 0 saturated heterocycles. The zero-order chi connectivity index (χ0) is 42.6. The summed E-state index contributed by atoms with van der Waals surface area (Å²) >= 11 is 0.